The molecule has 4 unspecified atom stereocenters. The minimum absolute atomic E-state index is 0.0322. The van der Waals surface area contributed by atoms with Gasteiger partial charge in [0.2, 0.25) is 0 Å². The second-order valence-electron chi connectivity index (χ2n) is 6.67. The van der Waals surface area contributed by atoms with Crippen molar-refractivity contribution in [1.29, 1.82) is 0 Å². The molecule has 0 radical (unpaired) electrons. The van der Waals surface area contributed by atoms with Crippen molar-refractivity contribution >= 4 is 34.3 Å². The molecule has 0 aromatic heterocycles. The van der Waals surface area contributed by atoms with Crippen molar-refractivity contribution in [2.24, 2.45) is 0 Å². The lowest BCUT2D eigenvalue weighted by Crippen LogP contribution is -2.33. The van der Waals surface area contributed by atoms with E-state index in [0.717, 1.165) is 38.5 Å². The van der Waals surface area contributed by atoms with Crippen molar-refractivity contribution in [1.82, 2.24) is 0 Å². The number of ether oxygens (including phenoxy) is 2. The van der Waals surface area contributed by atoms with Crippen molar-refractivity contribution in [3.63, 3.8) is 0 Å². The fourth-order valence-corrected chi connectivity index (χ4v) is 5.30. The van der Waals surface area contributed by atoms with Gasteiger partial charge < -0.3 is 18.6 Å². The maximum Gasteiger partial charge on any atom is 0.309 e. The van der Waals surface area contributed by atoms with Crippen LogP contribution in [0.15, 0.2) is 12.2 Å². The maximum absolute atomic E-state index is 11.9. The summed E-state index contributed by atoms with van der Waals surface area (Å²) in [5.41, 5.74) is 0. The summed E-state index contributed by atoms with van der Waals surface area (Å²) < 4.78 is 33.6. The Hall–Kier alpha value is -0.700. The van der Waals surface area contributed by atoms with Crippen molar-refractivity contribution in [3.8, 4) is 0 Å². The summed E-state index contributed by atoms with van der Waals surface area (Å²) in [5.74, 6) is 2.23. The van der Waals surface area contributed by atoms with Gasteiger partial charge in [-0.05, 0) is 25.7 Å². The van der Waals surface area contributed by atoms with Crippen LogP contribution in [0.25, 0.3) is 0 Å². The molecule has 8 heteroatoms. The molecule has 2 aliphatic heterocycles. The fourth-order valence-electron chi connectivity index (χ4n) is 2.80. The Bertz CT molecular complexity index is 468. The highest BCUT2D eigenvalue weighted by molar-refractivity contribution is 7.92. The molecular formula is C18H28O6S2. The highest BCUT2D eigenvalue weighted by Gasteiger charge is 2.28. The molecule has 0 N–H and O–H groups in total. The van der Waals surface area contributed by atoms with E-state index in [9.17, 15) is 18.7 Å². The van der Waals surface area contributed by atoms with E-state index in [1.165, 1.54) is 0 Å². The van der Waals surface area contributed by atoms with Crippen LogP contribution in [0.2, 0.25) is 0 Å². The highest BCUT2D eigenvalue weighted by atomic mass is 32.2. The van der Waals surface area contributed by atoms with Crippen LogP contribution < -0.4 is 0 Å². The molecule has 26 heavy (non-hydrogen) atoms. The van der Waals surface area contributed by atoms with Crippen LogP contribution in [0.1, 0.15) is 51.4 Å². The summed E-state index contributed by atoms with van der Waals surface area (Å²) in [6.45, 7) is 0. The van der Waals surface area contributed by atoms with Crippen LogP contribution in [0.5, 0.6) is 0 Å². The van der Waals surface area contributed by atoms with E-state index in [1.54, 1.807) is 0 Å². The molecule has 0 amide bonds. The second-order valence-corrected chi connectivity index (χ2v) is 10.1. The summed E-state index contributed by atoms with van der Waals surface area (Å²) in [4.78, 5) is 21.3. The average molecular weight is 405 g/mol. The van der Waals surface area contributed by atoms with Gasteiger partial charge in [-0.1, -0.05) is 34.5 Å². The summed E-state index contributed by atoms with van der Waals surface area (Å²) in [6, 6.07) is 0. The van der Waals surface area contributed by atoms with Crippen LogP contribution in [0, 0.1) is 0 Å². The Morgan fingerprint density at radius 2 is 1.38 bits per heavy atom. The largest absolute Gasteiger partial charge is 0.616 e. The van der Waals surface area contributed by atoms with Crippen molar-refractivity contribution < 1.29 is 28.2 Å². The molecule has 0 aromatic rings. The average Bonchev–Trinajstić information content (AvgIpc) is 2.54. The van der Waals surface area contributed by atoms with Crippen molar-refractivity contribution in [2.75, 3.05) is 23.0 Å². The van der Waals surface area contributed by atoms with Crippen molar-refractivity contribution in [2.45, 2.75) is 63.6 Å². The predicted octanol–water partition coefficient (Wildman–Crippen LogP) is 2.01. The molecule has 2 aliphatic rings. The first-order valence-corrected chi connectivity index (χ1v) is 12.2. The van der Waals surface area contributed by atoms with E-state index < -0.39 is 22.4 Å². The van der Waals surface area contributed by atoms with Crippen LogP contribution in [0.4, 0.5) is 0 Å². The lowest BCUT2D eigenvalue weighted by Gasteiger charge is -2.25. The first-order chi connectivity index (χ1) is 12.5. The SMILES string of the molecule is O=C1CC(CC=CCCC[S+]([O-])CCC[S+]([O-])CCCC2CC(=O)O2)O1. The van der Waals surface area contributed by atoms with Crippen LogP contribution >= 0.6 is 0 Å². The van der Waals surface area contributed by atoms with Gasteiger partial charge in [0, 0.05) is 12.8 Å². The zero-order chi connectivity index (χ0) is 18.8. The summed E-state index contributed by atoms with van der Waals surface area (Å²) in [5, 5.41) is 0. The number of esters is 2. The van der Waals surface area contributed by atoms with E-state index >= 15 is 0 Å². The first-order valence-electron chi connectivity index (χ1n) is 9.27. The molecule has 2 rings (SSSR count). The van der Waals surface area contributed by atoms with Gasteiger partial charge in [-0.3, -0.25) is 9.59 Å². The van der Waals surface area contributed by atoms with Gasteiger partial charge in [0.25, 0.3) is 0 Å². The number of rotatable bonds is 14. The van der Waals surface area contributed by atoms with E-state index in [1.807, 2.05) is 6.08 Å². The summed E-state index contributed by atoms with van der Waals surface area (Å²) in [6.07, 6.45) is 10.0. The van der Waals surface area contributed by atoms with Gasteiger partial charge in [0.1, 0.15) is 35.2 Å². The van der Waals surface area contributed by atoms with E-state index in [4.69, 9.17) is 9.47 Å². The fraction of sp³-hybridized carbons (Fsp3) is 0.778. The van der Waals surface area contributed by atoms with Gasteiger partial charge in [0.15, 0.2) is 0 Å². The third-order valence-corrected chi connectivity index (χ3v) is 7.31. The number of unbranched alkanes of at least 4 members (excludes halogenated alkanes) is 1. The lowest BCUT2D eigenvalue weighted by atomic mass is 10.1. The summed E-state index contributed by atoms with van der Waals surface area (Å²) in [7, 11) is 0. The zero-order valence-electron chi connectivity index (χ0n) is 15.1. The van der Waals surface area contributed by atoms with Crippen LogP contribution in [-0.2, 0) is 41.4 Å². The number of hydrogen-bond acceptors (Lipinski definition) is 6. The normalized spacial score (nSPS) is 24.5. The molecule has 0 spiro atoms. The molecule has 0 aromatic carbocycles. The standard InChI is InChI=1S/C18H28O6S2/c19-17-13-15(23-17)7-3-1-2-4-9-25(21)11-6-12-26(22)10-5-8-16-14-18(20)24-16/h1,3,15-16H,2,4-14H2. The van der Waals surface area contributed by atoms with E-state index in [2.05, 4.69) is 6.08 Å². The maximum atomic E-state index is 11.9. The third-order valence-electron chi connectivity index (χ3n) is 4.34. The predicted molar refractivity (Wildman–Crippen MR) is 102 cm³/mol. The number of hydrogen-bond donors (Lipinski definition) is 0. The third kappa shape index (κ3) is 8.79. The molecule has 2 fully saturated rings. The van der Waals surface area contributed by atoms with Gasteiger partial charge in [-0.25, -0.2) is 0 Å². The van der Waals surface area contributed by atoms with Crippen molar-refractivity contribution in [3.05, 3.63) is 12.2 Å². The van der Waals surface area contributed by atoms with Gasteiger partial charge in [0.05, 0.1) is 12.8 Å². The molecule has 0 bridgehead atoms. The number of cyclic esters (lactones) is 2. The minimum Gasteiger partial charge on any atom is -0.616 e. The number of allylic oxidation sites excluding steroid dienone is 1. The Labute approximate surface area is 161 Å². The number of carbonyl (C=O) groups excluding carboxylic acids is 2. The topological polar surface area (TPSA) is 98.7 Å². The Morgan fingerprint density at radius 3 is 2.00 bits per heavy atom. The zero-order valence-corrected chi connectivity index (χ0v) is 16.7. The molecule has 6 nitrogen and oxygen atoms in total. The molecular weight excluding hydrogens is 376 g/mol. The second kappa shape index (κ2) is 11.9. The highest BCUT2D eigenvalue weighted by Crippen LogP contribution is 2.19. The monoisotopic (exact) mass is 404 g/mol. The van der Waals surface area contributed by atoms with Gasteiger partial charge in [-0.2, -0.15) is 0 Å². The molecule has 148 valence electrons. The van der Waals surface area contributed by atoms with Crippen LogP contribution in [-0.4, -0.2) is 56.3 Å². The lowest BCUT2D eigenvalue weighted by molar-refractivity contribution is -0.170. The molecule has 0 saturated carbocycles. The minimum atomic E-state index is -0.874. The molecule has 0 aliphatic carbocycles. The molecule has 2 heterocycles. The van der Waals surface area contributed by atoms with E-state index in [0.29, 0.717) is 35.9 Å². The Kier molecular flexibility index (Phi) is 9.88. The van der Waals surface area contributed by atoms with Crippen LogP contribution in [0.3, 0.4) is 0 Å². The first kappa shape index (κ1) is 21.6. The van der Waals surface area contributed by atoms with Gasteiger partial charge in [-0.15, -0.1) is 0 Å². The van der Waals surface area contributed by atoms with Gasteiger partial charge >= 0.3 is 11.9 Å². The quantitative estimate of drug-likeness (QED) is 0.190. The number of carbonyl (C=O) groups is 2. The Balaban J connectivity index is 1.36. The Morgan fingerprint density at radius 1 is 0.846 bits per heavy atom. The smallest absolute Gasteiger partial charge is 0.309 e. The van der Waals surface area contributed by atoms with E-state index in [-0.39, 0.29) is 24.1 Å². The molecule has 4 atom stereocenters. The summed E-state index contributed by atoms with van der Waals surface area (Å²) >= 11 is -1.72. The molecule has 2 saturated heterocycles.